The Morgan fingerprint density at radius 1 is 1.11 bits per heavy atom. The van der Waals surface area contributed by atoms with Crippen LogP contribution in [0.2, 0.25) is 0 Å². The van der Waals surface area contributed by atoms with Crippen LogP contribution < -0.4 is 0 Å². The average molecular weight is 250 g/mol. The predicted octanol–water partition coefficient (Wildman–Crippen LogP) is 4.27. The standard InChI is InChI=1S/C17H18N2/c1-2-14(15-7-4-3-5-8-15)11-17(12-18)16-9-6-10-19-13-16/h3-10,13-14,17H,2,11H2,1H3/t14-,17-/m1/s1. The minimum atomic E-state index is -0.0844. The summed E-state index contributed by atoms with van der Waals surface area (Å²) >= 11 is 0. The lowest BCUT2D eigenvalue weighted by Crippen LogP contribution is -2.05. The van der Waals surface area contributed by atoms with Gasteiger partial charge in [0.25, 0.3) is 0 Å². The molecule has 2 aromatic rings. The van der Waals surface area contributed by atoms with Gasteiger partial charge in [-0.25, -0.2) is 0 Å². The number of aromatic nitrogens is 1. The summed E-state index contributed by atoms with van der Waals surface area (Å²) in [6, 6.07) is 16.7. The number of hydrogen-bond donors (Lipinski definition) is 0. The summed E-state index contributed by atoms with van der Waals surface area (Å²) in [5, 5.41) is 9.39. The van der Waals surface area contributed by atoms with Crippen molar-refractivity contribution in [2.24, 2.45) is 0 Å². The van der Waals surface area contributed by atoms with Crippen molar-refractivity contribution in [3.63, 3.8) is 0 Å². The Balaban J connectivity index is 2.16. The van der Waals surface area contributed by atoms with Gasteiger partial charge in [0.15, 0.2) is 0 Å². The number of hydrogen-bond acceptors (Lipinski definition) is 2. The summed E-state index contributed by atoms with van der Waals surface area (Å²) in [4.78, 5) is 4.11. The second kappa shape index (κ2) is 6.70. The maximum Gasteiger partial charge on any atom is 0.0733 e. The molecule has 0 aliphatic carbocycles. The molecule has 0 aliphatic rings. The Morgan fingerprint density at radius 2 is 1.84 bits per heavy atom. The molecule has 1 heterocycles. The van der Waals surface area contributed by atoms with Gasteiger partial charge in [-0.15, -0.1) is 0 Å². The second-order valence-corrected chi connectivity index (χ2v) is 4.72. The number of benzene rings is 1. The van der Waals surface area contributed by atoms with Crippen molar-refractivity contribution in [3.05, 3.63) is 66.0 Å². The highest BCUT2D eigenvalue weighted by atomic mass is 14.6. The molecule has 2 rings (SSSR count). The molecule has 0 fully saturated rings. The highest BCUT2D eigenvalue weighted by molar-refractivity contribution is 5.25. The molecule has 2 heteroatoms. The molecule has 2 atom stereocenters. The molecule has 1 aromatic carbocycles. The normalized spacial score (nSPS) is 13.5. The first-order valence-electron chi connectivity index (χ1n) is 6.69. The summed E-state index contributed by atoms with van der Waals surface area (Å²) in [7, 11) is 0. The van der Waals surface area contributed by atoms with E-state index >= 15 is 0 Å². The molecule has 96 valence electrons. The van der Waals surface area contributed by atoms with Crippen molar-refractivity contribution in [1.82, 2.24) is 4.98 Å². The van der Waals surface area contributed by atoms with Crippen LogP contribution in [0.4, 0.5) is 0 Å². The summed E-state index contributed by atoms with van der Waals surface area (Å²) in [6.45, 7) is 2.18. The van der Waals surface area contributed by atoms with Gasteiger partial charge in [0, 0.05) is 12.4 Å². The third kappa shape index (κ3) is 3.42. The minimum absolute atomic E-state index is 0.0844. The third-order valence-corrected chi connectivity index (χ3v) is 3.53. The molecule has 2 nitrogen and oxygen atoms in total. The summed E-state index contributed by atoms with van der Waals surface area (Å²) < 4.78 is 0. The maximum atomic E-state index is 9.39. The topological polar surface area (TPSA) is 36.7 Å². The van der Waals surface area contributed by atoms with Gasteiger partial charge >= 0.3 is 0 Å². The molecule has 0 spiro atoms. The van der Waals surface area contributed by atoms with E-state index in [1.54, 1.807) is 12.4 Å². The van der Waals surface area contributed by atoms with E-state index in [4.69, 9.17) is 0 Å². The highest BCUT2D eigenvalue weighted by Crippen LogP contribution is 2.31. The first-order chi connectivity index (χ1) is 9.35. The zero-order valence-electron chi connectivity index (χ0n) is 11.2. The van der Waals surface area contributed by atoms with E-state index in [2.05, 4.69) is 42.2 Å². The van der Waals surface area contributed by atoms with Crippen molar-refractivity contribution in [1.29, 1.82) is 5.26 Å². The van der Waals surface area contributed by atoms with Gasteiger partial charge in [0.1, 0.15) is 0 Å². The zero-order chi connectivity index (χ0) is 13.5. The van der Waals surface area contributed by atoms with Gasteiger partial charge in [-0.05, 0) is 36.0 Å². The van der Waals surface area contributed by atoms with Gasteiger partial charge < -0.3 is 0 Å². The van der Waals surface area contributed by atoms with Crippen molar-refractivity contribution < 1.29 is 0 Å². The van der Waals surface area contributed by atoms with Crippen LogP contribution in [-0.4, -0.2) is 4.98 Å². The minimum Gasteiger partial charge on any atom is -0.264 e. The number of nitriles is 1. The number of nitrogens with zero attached hydrogens (tertiary/aromatic N) is 2. The second-order valence-electron chi connectivity index (χ2n) is 4.72. The fraction of sp³-hybridized carbons (Fsp3) is 0.294. The van der Waals surface area contributed by atoms with Crippen LogP contribution in [0.15, 0.2) is 54.9 Å². The Morgan fingerprint density at radius 3 is 2.42 bits per heavy atom. The molecule has 0 saturated heterocycles. The third-order valence-electron chi connectivity index (χ3n) is 3.53. The van der Waals surface area contributed by atoms with Crippen LogP contribution in [0, 0.1) is 11.3 Å². The van der Waals surface area contributed by atoms with Crippen LogP contribution in [0.25, 0.3) is 0 Å². The van der Waals surface area contributed by atoms with Crippen LogP contribution in [0.5, 0.6) is 0 Å². The maximum absolute atomic E-state index is 9.39. The molecular formula is C17H18N2. The van der Waals surface area contributed by atoms with Crippen molar-refractivity contribution in [2.75, 3.05) is 0 Å². The fourth-order valence-corrected chi connectivity index (χ4v) is 2.39. The number of rotatable bonds is 5. The SMILES string of the molecule is CC[C@H](C[C@H](C#N)c1cccnc1)c1ccccc1. The number of pyridine rings is 1. The van der Waals surface area contributed by atoms with Crippen LogP contribution in [-0.2, 0) is 0 Å². The van der Waals surface area contributed by atoms with E-state index in [9.17, 15) is 5.26 Å². The van der Waals surface area contributed by atoms with E-state index in [1.807, 2.05) is 18.2 Å². The van der Waals surface area contributed by atoms with E-state index in [1.165, 1.54) is 5.56 Å². The molecule has 0 unspecified atom stereocenters. The van der Waals surface area contributed by atoms with E-state index in [0.717, 1.165) is 18.4 Å². The smallest absolute Gasteiger partial charge is 0.0733 e. The van der Waals surface area contributed by atoms with Crippen molar-refractivity contribution >= 4 is 0 Å². The molecular weight excluding hydrogens is 232 g/mol. The fourth-order valence-electron chi connectivity index (χ4n) is 2.39. The molecule has 0 aliphatic heterocycles. The van der Waals surface area contributed by atoms with Crippen LogP contribution in [0.1, 0.15) is 42.7 Å². The largest absolute Gasteiger partial charge is 0.264 e. The van der Waals surface area contributed by atoms with Crippen molar-refractivity contribution in [3.8, 4) is 6.07 Å². The van der Waals surface area contributed by atoms with E-state index in [-0.39, 0.29) is 5.92 Å². The van der Waals surface area contributed by atoms with Crippen molar-refractivity contribution in [2.45, 2.75) is 31.6 Å². The predicted molar refractivity (Wildman–Crippen MR) is 76.7 cm³/mol. The Kier molecular flexibility index (Phi) is 4.69. The Bertz CT molecular complexity index is 528. The molecule has 0 saturated carbocycles. The average Bonchev–Trinajstić information content (AvgIpc) is 2.50. The monoisotopic (exact) mass is 250 g/mol. The van der Waals surface area contributed by atoms with E-state index < -0.39 is 0 Å². The lowest BCUT2D eigenvalue weighted by molar-refractivity contribution is 0.575. The van der Waals surface area contributed by atoms with Gasteiger partial charge in [-0.3, -0.25) is 4.98 Å². The highest BCUT2D eigenvalue weighted by Gasteiger charge is 2.18. The molecule has 1 aromatic heterocycles. The molecule has 0 bridgehead atoms. The Labute approximate surface area is 114 Å². The quantitative estimate of drug-likeness (QED) is 0.794. The molecule has 0 radical (unpaired) electrons. The molecule has 19 heavy (non-hydrogen) atoms. The first kappa shape index (κ1) is 13.3. The van der Waals surface area contributed by atoms with Gasteiger partial charge in [0.05, 0.1) is 12.0 Å². The molecule has 0 N–H and O–H groups in total. The zero-order valence-corrected chi connectivity index (χ0v) is 11.2. The van der Waals surface area contributed by atoms with Gasteiger partial charge in [-0.1, -0.05) is 43.3 Å². The lowest BCUT2D eigenvalue weighted by atomic mass is 9.85. The summed E-state index contributed by atoms with van der Waals surface area (Å²) in [5.41, 5.74) is 2.33. The lowest BCUT2D eigenvalue weighted by Gasteiger charge is -2.18. The van der Waals surface area contributed by atoms with E-state index in [0.29, 0.717) is 5.92 Å². The van der Waals surface area contributed by atoms with Gasteiger partial charge in [-0.2, -0.15) is 5.26 Å². The van der Waals surface area contributed by atoms with Gasteiger partial charge in [0.2, 0.25) is 0 Å². The first-order valence-corrected chi connectivity index (χ1v) is 6.69. The van der Waals surface area contributed by atoms with Crippen LogP contribution >= 0.6 is 0 Å². The summed E-state index contributed by atoms with van der Waals surface area (Å²) in [5.74, 6) is 0.338. The molecule has 0 amide bonds. The van der Waals surface area contributed by atoms with Crippen LogP contribution in [0.3, 0.4) is 0 Å². The Hall–Kier alpha value is -2.14. The summed E-state index contributed by atoms with van der Waals surface area (Å²) in [6.07, 6.45) is 5.43.